The van der Waals surface area contributed by atoms with E-state index in [1.54, 1.807) is 18.2 Å². The summed E-state index contributed by atoms with van der Waals surface area (Å²) in [6, 6.07) is 5.34. The van der Waals surface area contributed by atoms with Crippen LogP contribution in [0.1, 0.15) is 70.2 Å². The number of ether oxygens (including phenoxy) is 3. The quantitative estimate of drug-likeness (QED) is 0.142. The lowest BCUT2D eigenvalue weighted by molar-refractivity contribution is -0.142. The fourth-order valence-electron chi connectivity index (χ4n) is 7.40. The number of carbonyl (C=O) groups is 3. The number of pyridine rings is 1. The van der Waals surface area contributed by atoms with E-state index in [2.05, 4.69) is 21.7 Å². The third-order valence-electron chi connectivity index (χ3n) is 10.4. The molecule has 1 aliphatic heterocycles. The Morgan fingerprint density at radius 2 is 1.09 bits per heavy atom. The van der Waals surface area contributed by atoms with Crippen LogP contribution in [-0.4, -0.2) is 161 Å². The van der Waals surface area contributed by atoms with Gasteiger partial charge in [0.2, 0.25) is 7.37 Å². The van der Waals surface area contributed by atoms with Crippen LogP contribution in [0.2, 0.25) is 0 Å². The third-order valence-corrected chi connectivity index (χ3v) is 11.5. The molecule has 1 unspecified atom stereocenters. The summed E-state index contributed by atoms with van der Waals surface area (Å²) < 4.78 is 29.6. The van der Waals surface area contributed by atoms with E-state index in [4.69, 9.17) is 14.2 Å². The molecule has 0 spiro atoms. The molecule has 5 atom stereocenters. The highest BCUT2D eigenvalue weighted by atomic mass is 31.2. The van der Waals surface area contributed by atoms with E-state index in [0.717, 1.165) is 0 Å². The first kappa shape index (κ1) is 47.1. The summed E-state index contributed by atoms with van der Waals surface area (Å²) in [4.78, 5) is 60.0. The maximum Gasteiger partial charge on any atom is 0.317 e. The van der Waals surface area contributed by atoms with Crippen LogP contribution in [0.4, 0.5) is 0 Å². The van der Waals surface area contributed by atoms with E-state index in [1.165, 1.54) is 34.1 Å². The van der Waals surface area contributed by atoms with Crippen molar-refractivity contribution in [2.24, 2.45) is 0 Å². The van der Waals surface area contributed by atoms with Gasteiger partial charge in [-0.3, -0.25) is 38.5 Å². The minimum atomic E-state index is -3.89. The minimum Gasteiger partial charge on any atom is -0.496 e. The van der Waals surface area contributed by atoms with E-state index in [1.807, 2.05) is 42.4 Å². The summed E-state index contributed by atoms with van der Waals surface area (Å²) in [5, 5.41) is 30.1. The molecule has 0 aliphatic carbocycles. The van der Waals surface area contributed by atoms with Crippen molar-refractivity contribution in [3.05, 3.63) is 41.1 Å². The molecular formula is C40H60N5O11P. The molecule has 3 rings (SSSR count). The molecule has 316 valence electrons. The number of aliphatic carboxylic acids is 3. The van der Waals surface area contributed by atoms with Gasteiger partial charge in [0.15, 0.2) is 0 Å². The van der Waals surface area contributed by atoms with Gasteiger partial charge in [0.05, 0.1) is 46.7 Å². The van der Waals surface area contributed by atoms with Crippen molar-refractivity contribution < 1.29 is 53.4 Å². The van der Waals surface area contributed by atoms with Crippen LogP contribution < -0.4 is 19.6 Å². The van der Waals surface area contributed by atoms with E-state index >= 15 is 0 Å². The molecule has 0 amide bonds. The first-order chi connectivity index (χ1) is 27.0. The second-order valence-electron chi connectivity index (χ2n) is 14.4. The van der Waals surface area contributed by atoms with Crippen LogP contribution in [0, 0.1) is 11.8 Å². The van der Waals surface area contributed by atoms with Crippen molar-refractivity contribution in [3.8, 4) is 29.1 Å². The Morgan fingerprint density at radius 1 is 0.684 bits per heavy atom. The zero-order valence-electron chi connectivity index (χ0n) is 34.4. The Hall–Kier alpha value is -4.23. The van der Waals surface area contributed by atoms with Gasteiger partial charge in [0, 0.05) is 81.3 Å². The number of hydrogen-bond acceptors (Lipinski definition) is 12. The molecule has 2 heterocycles. The average Bonchev–Trinajstić information content (AvgIpc) is 3.15. The number of nitrogens with zero attached hydrogens (tertiary/aromatic N) is 5. The van der Waals surface area contributed by atoms with Gasteiger partial charge in [-0.1, -0.05) is 39.5 Å². The predicted octanol–water partition coefficient (Wildman–Crippen LogP) is 3.12. The summed E-state index contributed by atoms with van der Waals surface area (Å²) >= 11 is 0. The van der Waals surface area contributed by atoms with Crippen LogP contribution in [-0.2, 0) is 25.5 Å². The van der Waals surface area contributed by atoms with Crippen molar-refractivity contribution in [3.63, 3.8) is 0 Å². The highest BCUT2D eigenvalue weighted by Gasteiger charge is 2.35. The third kappa shape index (κ3) is 13.7. The van der Waals surface area contributed by atoms with Gasteiger partial charge >= 0.3 is 17.9 Å². The summed E-state index contributed by atoms with van der Waals surface area (Å²) in [6.07, 6.45) is 2.23. The lowest BCUT2D eigenvalue weighted by Crippen LogP contribution is -2.59. The summed E-state index contributed by atoms with van der Waals surface area (Å²) in [7, 11) is 0.631. The largest absolute Gasteiger partial charge is 0.496 e. The predicted molar refractivity (Wildman–Crippen MR) is 216 cm³/mol. The molecule has 2 aromatic rings. The van der Waals surface area contributed by atoms with Gasteiger partial charge in [-0.05, 0) is 37.8 Å². The van der Waals surface area contributed by atoms with Crippen molar-refractivity contribution >= 4 is 30.7 Å². The van der Waals surface area contributed by atoms with Crippen molar-refractivity contribution in [2.75, 3.05) is 73.8 Å². The summed E-state index contributed by atoms with van der Waals surface area (Å²) in [6.45, 7) is 9.65. The zero-order valence-corrected chi connectivity index (χ0v) is 35.3. The average molecular weight is 818 g/mol. The Balaban J connectivity index is 2.24. The zero-order chi connectivity index (χ0) is 42.4. The fourth-order valence-corrected chi connectivity index (χ4v) is 8.09. The Bertz CT molecular complexity index is 1760. The maximum absolute atomic E-state index is 13.2. The molecule has 4 N–H and O–H groups in total. The lowest BCUT2D eigenvalue weighted by atomic mass is 10.0. The van der Waals surface area contributed by atoms with Gasteiger partial charge in [0.25, 0.3) is 0 Å². The number of hydrogen-bond donors (Lipinski definition) is 4. The first-order valence-electron chi connectivity index (χ1n) is 19.3. The smallest absolute Gasteiger partial charge is 0.317 e. The van der Waals surface area contributed by atoms with E-state index in [9.17, 15) is 39.2 Å². The van der Waals surface area contributed by atoms with Crippen LogP contribution in [0.3, 0.4) is 0 Å². The number of benzene rings is 1. The van der Waals surface area contributed by atoms with Crippen LogP contribution in [0.5, 0.6) is 17.2 Å². The van der Waals surface area contributed by atoms with Crippen LogP contribution >= 0.6 is 7.37 Å². The van der Waals surface area contributed by atoms with Crippen LogP contribution in [0.15, 0.2) is 24.3 Å². The monoisotopic (exact) mass is 817 g/mol. The Kier molecular flexibility index (Phi) is 18.2. The second-order valence-corrected chi connectivity index (χ2v) is 16.6. The first-order valence-corrected chi connectivity index (χ1v) is 21.4. The molecule has 0 radical (unpaired) electrons. The fraction of sp³-hybridized carbons (Fsp3) is 0.600. The van der Waals surface area contributed by atoms with Gasteiger partial charge in [-0.15, -0.1) is 0 Å². The summed E-state index contributed by atoms with van der Waals surface area (Å²) in [5.74, 6) is 4.48. The minimum absolute atomic E-state index is 0.0391. The molecule has 0 saturated carbocycles. The molecular weight excluding hydrogens is 757 g/mol. The molecule has 1 fully saturated rings. The molecule has 1 saturated heterocycles. The summed E-state index contributed by atoms with van der Waals surface area (Å²) in [5.41, 5.74) is 1.26. The van der Waals surface area contributed by atoms with Crippen molar-refractivity contribution in [2.45, 2.75) is 84.1 Å². The molecule has 17 heteroatoms. The maximum atomic E-state index is 13.2. The molecule has 0 bridgehead atoms. The Morgan fingerprint density at radius 3 is 1.44 bits per heavy atom. The van der Waals surface area contributed by atoms with Gasteiger partial charge in [-0.25, -0.2) is 4.98 Å². The van der Waals surface area contributed by atoms with E-state index in [0.29, 0.717) is 72.8 Å². The van der Waals surface area contributed by atoms with Crippen molar-refractivity contribution in [1.82, 2.24) is 24.6 Å². The van der Waals surface area contributed by atoms with E-state index in [-0.39, 0.29) is 68.9 Å². The molecule has 16 nitrogen and oxygen atoms in total. The van der Waals surface area contributed by atoms with Gasteiger partial charge in [0.1, 0.15) is 28.2 Å². The number of methoxy groups -OCH3 is 3. The highest BCUT2D eigenvalue weighted by molar-refractivity contribution is 7.65. The SMILES string of the molecule is CC[C@@H]1CN(CC(=O)O)[C@H](CC)CN(Cc2cc(C#Cc3c(OC)cc(OC)cc3OC)cc(P(C)(=O)O)n2)[C@H](CC)CN(CC(=O)O)[C@H](CC)CN1CC(=O)O. The number of rotatable bonds is 16. The number of carboxylic acids is 3. The number of aromatic nitrogens is 1. The van der Waals surface area contributed by atoms with Crippen molar-refractivity contribution in [1.29, 1.82) is 0 Å². The van der Waals surface area contributed by atoms with Crippen LogP contribution in [0.25, 0.3) is 0 Å². The molecule has 1 aliphatic rings. The number of carboxylic acid groups (broad SMARTS) is 3. The van der Waals surface area contributed by atoms with Gasteiger partial charge < -0.3 is 34.4 Å². The standard InChI is InChI=1S/C40H60N5O11P/c1-9-29-21-43(24-38(46)47)31(11-3)23-45(26-40(50)51)32(12-4)22-44(25-39(48)49)30(10-2)20-42(29)19-28-15-27(16-37(41-28)57(8,52)53)13-14-34-35(55-6)17-33(54-5)18-36(34)56-7/h15-18,29-32H,9-12,19-26H2,1-8H3,(H,46,47)(H,48,49)(H,50,51)(H,52,53)/t29-,30-,31-,32-/m1/s1. The lowest BCUT2D eigenvalue weighted by Gasteiger charge is -2.45. The molecule has 1 aromatic carbocycles. The topological polar surface area (TPSA) is 203 Å². The molecule has 1 aromatic heterocycles. The normalized spacial score (nSPS) is 21.6. The highest BCUT2D eigenvalue weighted by Crippen LogP contribution is 2.35. The van der Waals surface area contributed by atoms with E-state index < -0.39 is 25.3 Å². The Labute approximate surface area is 336 Å². The second kappa shape index (κ2) is 22.1. The van der Waals surface area contributed by atoms with Gasteiger partial charge in [-0.2, -0.15) is 0 Å². The molecule has 57 heavy (non-hydrogen) atoms.